The molecule has 0 saturated heterocycles. The van der Waals surface area contributed by atoms with Gasteiger partial charge in [0.1, 0.15) is 5.82 Å². The van der Waals surface area contributed by atoms with Crippen LogP contribution in [0.25, 0.3) is 0 Å². The van der Waals surface area contributed by atoms with Gasteiger partial charge >= 0.3 is 0 Å². The molecule has 0 aromatic carbocycles. The van der Waals surface area contributed by atoms with E-state index in [1.807, 2.05) is 11.5 Å². The van der Waals surface area contributed by atoms with Gasteiger partial charge in [0.2, 0.25) is 0 Å². The second-order valence-electron chi connectivity index (χ2n) is 3.52. The Labute approximate surface area is 95.0 Å². The monoisotopic (exact) mass is 230 g/mol. The van der Waals surface area contributed by atoms with Crippen molar-refractivity contribution < 1.29 is 4.74 Å². The maximum Gasteiger partial charge on any atom is 0.195 e. The lowest BCUT2D eigenvalue weighted by atomic mass is 10.5. The Morgan fingerprint density at radius 3 is 2.80 bits per heavy atom. The van der Waals surface area contributed by atoms with Gasteiger partial charge in [-0.15, -0.1) is 0 Å². The number of aromatic nitrogens is 3. The van der Waals surface area contributed by atoms with Gasteiger partial charge in [0, 0.05) is 26.7 Å². The molecule has 1 heterocycles. The first-order valence-electron chi connectivity index (χ1n) is 4.94. The van der Waals surface area contributed by atoms with Gasteiger partial charge in [-0.2, -0.15) is 5.10 Å². The Hall–Kier alpha value is -0.720. The van der Waals surface area contributed by atoms with Gasteiger partial charge in [-0.3, -0.25) is 5.10 Å². The van der Waals surface area contributed by atoms with Crippen LogP contribution in [0.1, 0.15) is 5.82 Å². The average molecular weight is 230 g/mol. The molecule has 1 aromatic heterocycles. The second kappa shape index (κ2) is 5.99. The van der Waals surface area contributed by atoms with Crippen molar-refractivity contribution in [3.63, 3.8) is 0 Å². The standard InChI is InChI=1S/C9H18N4OS/c1-8-10-11-9(15)13(8)5-4-12(2)6-7-14-3/h4-7H2,1-3H3,(H,11,15). The van der Waals surface area contributed by atoms with Crippen LogP contribution in [0.3, 0.4) is 0 Å². The predicted octanol–water partition coefficient (Wildman–Crippen LogP) is 0.827. The van der Waals surface area contributed by atoms with Gasteiger partial charge in [-0.25, -0.2) is 0 Å². The first-order chi connectivity index (χ1) is 7.15. The van der Waals surface area contributed by atoms with Crippen LogP contribution < -0.4 is 0 Å². The van der Waals surface area contributed by atoms with E-state index in [1.54, 1.807) is 7.11 Å². The van der Waals surface area contributed by atoms with Gasteiger partial charge in [0.25, 0.3) is 0 Å². The summed E-state index contributed by atoms with van der Waals surface area (Å²) in [4.78, 5) is 2.21. The molecule has 15 heavy (non-hydrogen) atoms. The molecule has 0 saturated carbocycles. The summed E-state index contributed by atoms with van der Waals surface area (Å²) in [5.41, 5.74) is 0. The normalized spacial score (nSPS) is 11.2. The summed E-state index contributed by atoms with van der Waals surface area (Å²) in [7, 11) is 3.78. The van der Waals surface area contributed by atoms with Gasteiger partial charge < -0.3 is 14.2 Å². The molecule has 0 radical (unpaired) electrons. The van der Waals surface area contributed by atoms with Crippen LogP contribution in [0.4, 0.5) is 0 Å². The third-order valence-corrected chi connectivity index (χ3v) is 2.64. The zero-order chi connectivity index (χ0) is 11.3. The first-order valence-corrected chi connectivity index (χ1v) is 5.35. The van der Waals surface area contributed by atoms with Crippen LogP contribution in [0.15, 0.2) is 0 Å². The summed E-state index contributed by atoms with van der Waals surface area (Å²) in [5, 5.41) is 6.84. The largest absolute Gasteiger partial charge is 0.383 e. The number of aromatic amines is 1. The van der Waals surface area contributed by atoms with Gasteiger partial charge in [-0.05, 0) is 26.2 Å². The van der Waals surface area contributed by atoms with Gasteiger partial charge in [0.15, 0.2) is 4.77 Å². The molecular weight excluding hydrogens is 212 g/mol. The highest BCUT2D eigenvalue weighted by molar-refractivity contribution is 7.71. The molecule has 6 heteroatoms. The zero-order valence-corrected chi connectivity index (χ0v) is 10.3. The van der Waals surface area contributed by atoms with E-state index < -0.39 is 0 Å². The lowest BCUT2D eigenvalue weighted by Gasteiger charge is -2.16. The van der Waals surface area contributed by atoms with E-state index in [1.165, 1.54) is 0 Å². The molecule has 86 valence electrons. The van der Waals surface area contributed by atoms with E-state index >= 15 is 0 Å². The van der Waals surface area contributed by atoms with E-state index in [4.69, 9.17) is 17.0 Å². The molecule has 1 N–H and O–H groups in total. The average Bonchev–Trinajstić information content (AvgIpc) is 2.53. The summed E-state index contributed by atoms with van der Waals surface area (Å²) in [5.74, 6) is 0.931. The summed E-state index contributed by atoms with van der Waals surface area (Å²) in [6.45, 7) is 5.44. The van der Waals surface area contributed by atoms with E-state index in [-0.39, 0.29) is 0 Å². The number of hydrogen-bond acceptors (Lipinski definition) is 4. The fourth-order valence-corrected chi connectivity index (χ4v) is 1.56. The Balaban J connectivity index is 2.40. The van der Waals surface area contributed by atoms with Gasteiger partial charge in [-0.1, -0.05) is 0 Å². The number of methoxy groups -OCH3 is 1. The summed E-state index contributed by atoms with van der Waals surface area (Å²) < 4.78 is 7.70. The number of nitrogens with zero attached hydrogens (tertiary/aromatic N) is 3. The van der Waals surface area contributed by atoms with E-state index in [2.05, 4.69) is 22.1 Å². The third-order valence-electron chi connectivity index (χ3n) is 2.33. The third kappa shape index (κ3) is 3.73. The number of H-pyrrole nitrogens is 1. The number of likely N-dealkylation sites (N-methyl/N-ethyl adjacent to an activating group) is 1. The van der Waals surface area contributed by atoms with Crippen LogP contribution in [-0.4, -0.2) is 53.5 Å². The molecule has 5 nitrogen and oxygen atoms in total. The molecule has 0 bridgehead atoms. The van der Waals surface area contributed by atoms with Crippen molar-refractivity contribution in [3.05, 3.63) is 10.6 Å². The quantitative estimate of drug-likeness (QED) is 0.735. The van der Waals surface area contributed by atoms with Crippen molar-refractivity contribution >= 4 is 12.2 Å². The molecule has 0 aliphatic carbocycles. The molecule has 0 spiro atoms. The van der Waals surface area contributed by atoms with Crippen LogP contribution in [0, 0.1) is 11.7 Å². The van der Waals surface area contributed by atoms with Crippen LogP contribution in [0.2, 0.25) is 0 Å². The summed E-state index contributed by atoms with van der Waals surface area (Å²) in [6, 6.07) is 0. The molecule has 1 aromatic rings. The van der Waals surface area contributed by atoms with E-state index in [0.717, 1.165) is 32.1 Å². The predicted molar refractivity (Wildman–Crippen MR) is 61.5 cm³/mol. The highest BCUT2D eigenvalue weighted by Crippen LogP contribution is 1.96. The Bertz CT molecular complexity index is 346. The van der Waals surface area contributed by atoms with Crippen molar-refractivity contribution in [1.82, 2.24) is 19.7 Å². The molecule has 0 atom stereocenters. The van der Waals surface area contributed by atoms with Gasteiger partial charge in [0.05, 0.1) is 6.61 Å². The van der Waals surface area contributed by atoms with Crippen molar-refractivity contribution in [3.8, 4) is 0 Å². The van der Waals surface area contributed by atoms with Crippen molar-refractivity contribution in [2.75, 3.05) is 33.9 Å². The van der Waals surface area contributed by atoms with Crippen LogP contribution >= 0.6 is 12.2 Å². The van der Waals surface area contributed by atoms with E-state index in [0.29, 0.717) is 4.77 Å². The second-order valence-corrected chi connectivity index (χ2v) is 3.91. The van der Waals surface area contributed by atoms with Crippen molar-refractivity contribution in [2.24, 2.45) is 0 Å². The topological polar surface area (TPSA) is 46.1 Å². The lowest BCUT2D eigenvalue weighted by Crippen LogP contribution is -2.27. The minimum Gasteiger partial charge on any atom is -0.383 e. The Kier molecular flexibility index (Phi) is 4.93. The fourth-order valence-electron chi connectivity index (χ4n) is 1.29. The number of rotatable bonds is 6. The Morgan fingerprint density at radius 1 is 1.53 bits per heavy atom. The highest BCUT2D eigenvalue weighted by atomic mass is 32.1. The fraction of sp³-hybridized carbons (Fsp3) is 0.778. The lowest BCUT2D eigenvalue weighted by molar-refractivity contribution is 0.159. The number of nitrogens with one attached hydrogen (secondary N) is 1. The molecule has 0 unspecified atom stereocenters. The summed E-state index contributed by atoms with van der Waals surface area (Å²) >= 11 is 5.11. The molecule has 1 rings (SSSR count). The van der Waals surface area contributed by atoms with Crippen LogP contribution in [-0.2, 0) is 11.3 Å². The van der Waals surface area contributed by atoms with Crippen molar-refractivity contribution in [2.45, 2.75) is 13.5 Å². The maximum atomic E-state index is 5.11. The van der Waals surface area contributed by atoms with Crippen LogP contribution in [0.5, 0.6) is 0 Å². The van der Waals surface area contributed by atoms with E-state index in [9.17, 15) is 0 Å². The Morgan fingerprint density at radius 2 is 2.27 bits per heavy atom. The number of hydrogen-bond donors (Lipinski definition) is 1. The van der Waals surface area contributed by atoms with Crippen molar-refractivity contribution in [1.29, 1.82) is 0 Å². The maximum absolute atomic E-state index is 5.11. The number of ether oxygens (including phenoxy) is 1. The molecule has 0 fully saturated rings. The highest BCUT2D eigenvalue weighted by Gasteiger charge is 2.02. The molecule has 0 amide bonds. The first kappa shape index (κ1) is 12.4. The minimum absolute atomic E-state index is 0.688. The number of aryl methyl sites for hydroxylation is 1. The minimum atomic E-state index is 0.688. The smallest absolute Gasteiger partial charge is 0.195 e. The molecular formula is C9H18N4OS. The molecule has 0 aliphatic heterocycles. The summed E-state index contributed by atoms with van der Waals surface area (Å²) in [6.07, 6.45) is 0. The SMILES string of the molecule is COCCN(C)CCn1c(C)n[nH]c1=S. The zero-order valence-electron chi connectivity index (χ0n) is 9.49. The molecule has 0 aliphatic rings.